The topological polar surface area (TPSA) is 21.3 Å². The highest BCUT2D eigenvalue weighted by atomic mass is 16.5. The third-order valence-corrected chi connectivity index (χ3v) is 2.83. The molecule has 1 fully saturated rings. The van der Waals surface area contributed by atoms with Crippen molar-refractivity contribution in [2.24, 2.45) is 11.8 Å². The first-order chi connectivity index (χ1) is 5.75. The zero-order valence-electron chi connectivity index (χ0n) is 8.47. The molecule has 0 aromatic rings. The van der Waals surface area contributed by atoms with Crippen molar-refractivity contribution in [3.05, 3.63) is 0 Å². The minimum atomic E-state index is 0.675. The summed E-state index contributed by atoms with van der Waals surface area (Å²) in [6.45, 7) is 6.48. The standard InChI is InChI=1S/C10H21NO/c1-8(2)10(11-3)9-4-6-12-7-5-9/h8-11H,4-7H2,1-3H3. The van der Waals surface area contributed by atoms with E-state index in [1.165, 1.54) is 12.8 Å². The number of hydrogen-bond donors (Lipinski definition) is 1. The molecule has 12 heavy (non-hydrogen) atoms. The largest absolute Gasteiger partial charge is 0.381 e. The Morgan fingerprint density at radius 1 is 1.25 bits per heavy atom. The lowest BCUT2D eigenvalue weighted by Gasteiger charge is -2.32. The van der Waals surface area contributed by atoms with Crippen molar-refractivity contribution >= 4 is 0 Å². The Kier molecular flexibility index (Phi) is 4.02. The molecule has 72 valence electrons. The minimum Gasteiger partial charge on any atom is -0.381 e. The molecule has 2 heteroatoms. The molecular weight excluding hydrogens is 150 g/mol. The third-order valence-electron chi connectivity index (χ3n) is 2.83. The maximum absolute atomic E-state index is 5.35. The SMILES string of the molecule is CNC(C(C)C)C1CCOCC1. The molecule has 1 aliphatic rings. The van der Waals surface area contributed by atoms with Gasteiger partial charge in [-0.1, -0.05) is 13.8 Å². The summed E-state index contributed by atoms with van der Waals surface area (Å²) >= 11 is 0. The molecule has 0 spiro atoms. The molecule has 1 rings (SSSR count). The summed E-state index contributed by atoms with van der Waals surface area (Å²) in [5, 5.41) is 3.42. The van der Waals surface area contributed by atoms with E-state index in [4.69, 9.17) is 4.74 Å². The summed E-state index contributed by atoms with van der Waals surface area (Å²) in [7, 11) is 2.07. The minimum absolute atomic E-state index is 0.675. The second-order valence-electron chi connectivity index (χ2n) is 4.01. The van der Waals surface area contributed by atoms with Crippen LogP contribution in [-0.4, -0.2) is 26.3 Å². The van der Waals surface area contributed by atoms with Crippen LogP contribution in [0.1, 0.15) is 26.7 Å². The van der Waals surface area contributed by atoms with Crippen LogP contribution in [0, 0.1) is 11.8 Å². The van der Waals surface area contributed by atoms with E-state index in [1.807, 2.05) is 0 Å². The normalized spacial score (nSPS) is 23.0. The van der Waals surface area contributed by atoms with E-state index in [2.05, 4.69) is 26.2 Å². The van der Waals surface area contributed by atoms with Gasteiger partial charge in [0.25, 0.3) is 0 Å². The van der Waals surface area contributed by atoms with Gasteiger partial charge in [-0.25, -0.2) is 0 Å². The second-order valence-corrected chi connectivity index (χ2v) is 4.01. The zero-order valence-corrected chi connectivity index (χ0v) is 8.47. The molecule has 0 aromatic heterocycles. The molecule has 1 unspecified atom stereocenters. The van der Waals surface area contributed by atoms with Crippen LogP contribution in [0.2, 0.25) is 0 Å². The van der Waals surface area contributed by atoms with Crippen LogP contribution in [0.4, 0.5) is 0 Å². The van der Waals surface area contributed by atoms with Crippen molar-refractivity contribution < 1.29 is 4.74 Å². The summed E-state index contributed by atoms with van der Waals surface area (Å²) in [6, 6.07) is 0.675. The van der Waals surface area contributed by atoms with Crippen LogP contribution in [0.3, 0.4) is 0 Å². The first-order valence-electron chi connectivity index (χ1n) is 5.00. The van der Waals surface area contributed by atoms with E-state index in [0.29, 0.717) is 6.04 Å². The van der Waals surface area contributed by atoms with Crippen LogP contribution < -0.4 is 5.32 Å². The Balaban J connectivity index is 2.40. The summed E-state index contributed by atoms with van der Waals surface area (Å²) in [5.74, 6) is 1.56. The van der Waals surface area contributed by atoms with Crippen LogP contribution >= 0.6 is 0 Å². The molecular formula is C10H21NO. The summed E-state index contributed by atoms with van der Waals surface area (Å²) in [6.07, 6.45) is 2.45. The summed E-state index contributed by atoms with van der Waals surface area (Å²) < 4.78 is 5.35. The molecule has 1 atom stereocenters. The fourth-order valence-corrected chi connectivity index (χ4v) is 2.19. The molecule has 0 aromatic carbocycles. The Morgan fingerprint density at radius 3 is 2.25 bits per heavy atom. The molecule has 0 aliphatic carbocycles. The molecule has 1 N–H and O–H groups in total. The summed E-state index contributed by atoms with van der Waals surface area (Å²) in [4.78, 5) is 0. The van der Waals surface area contributed by atoms with Crippen molar-refractivity contribution in [3.63, 3.8) is 0 Å². The van der Waals surface area contributed by atoms with Crippen LogP contribution in [0.25, 0.3) is 0 Å². The van der Waals surface area contributed by atoms with Gasteiger partial charge in [-0.15, -0.1) is 0 Å². The van der Waals surface area contributed by atoms with E-state index < -0.39 is 0 Å². The first kappa shape index (κ1) is 10.0. The predicted octanol–water partition coefficient (Wildman–Crippen LogP) is 1.66. The third kappa shape index (κ3) is 2.46. The molecule has 0 radical (unpaired) electrons. The molecule has 0 amide bonds. The number of rotatable bonds is 3. The molecule has 0 bridgehead atoms. The van der Waals surface area contributed by atoms with Gasteiger partial charge in [0.2, 0.25) is 0 Å². The summed E-state index contributed by atoms with van der Waals surface area (Å²) in [5.41, 5.74) is 0. The van der Waals surface area contributed by atoms with Crippen molar-refractivity contribution in [1.82, 2.24) is 5.32 Å². The van der Waals surface area contributed by atoms with Gasteiger partial charge in [0.1, 0.15) is 0 Å². The van der Waals surface area contributed by atoms with Crippen LogP contribution in [0.15, 0.2) is 0 Å². The average Bonchev–Trinajstić information content (AvgIpc) is 2.07. The van der Waals surface area contributed by atoms with E-state index in [9.17, 15) is 0 Å². The number of hydrogen-bond acceptors (Lipinski definition) is 2. The average molecular weight is 171 g/mol. The fraction of sp³-hybridized carbons (Fsp3) is 1.00. The maximum Gasteiger partial charge on any atom is 0.0469 e. The maximum atomic E-state index is 5.35. The Morgan fingerprint density at radius 2 is 1.83 bits per heavy atom. The van der Waals surface area contributed by atoms with Crippen molar-refractivity contribution in [2.45, 2.75) is 32.7 Å². The first-order valence-corrected chi connectivity index (χ1v) is 5.00. The molecule has 1 heterocycles. The Hall–Kier alpha value is -0.0800. The van der Waals surface area contributed by atoms with Gasteiger partial charge in [0, 0.05) is 19.3 Å². The van der Waals surface area contributed by atoms with Crippen LogP contribution in [0.5, 0.6) is 0 Å². The van der Waals surface area contributed by atoms with Crippen LogP contribution in [-0.2, 0) is 4.74 Å². The fourth-order valence-electron chi connectivity index (χ4n) is 2.19. The van der Waals surface area contributed by atoms with Gasteiger partial charge in [-0.2, -0.15) is 0 Å². The zero-order chi connectivity index (χ0) is 8.97. The lowest BCUT2D eigenvalue weighted by molar-refractivity contribution is 0.0484. The van der Waals surface area contributed by atoms with Gasteiger partial charge in [-0.05, 0) is 31.7 Å². The van der Waals surface area contributed by atoms with Crippen molar-refractivity contribution in [2.75, 3.05) is 20.3 Å². The van der Waals surface area contributed by atoms with Crippen molar-refractivity contribution in [1.29, 1.82) is 0 Å². The molecule has 1 saturated heterocycles. The van der Waals surface area contributed by atoms with E-state index >= 15 is 0 Å². The van der Waals surface area contributed by atoms with E-state index in [0.717, 1.165) is 25.0 Å². The van der Waals surface area contributed by atoms with Gasteiger partial charge < -0.3 is 10.1 Å². The van der Waals surface area contributed by atoms with Gasteiger partial charge in [0.05, 0.1) is 0 Å². The van der Waals surface area contributed by atoms with Gasteiger partial charge in [0.15, 0.2) is 0 Å². The van der Waals surface area contributed by atoms with E-state index in [-0.39, 0.29) is 0 Å². The predicted molar refractivity (Wildman–Crippen MR) is 51.2 cm³/mol. The van der Waals surface area contributed by atoms with Gasteiger partial charge >= 0.3 is 0 Å². The smallest absolute Gasteiger partial charge is 0.0469 e. The quantitative estimate of drug-likeness (QED) is 0.697. The highest BCUT2D eigenvalue weighted by molar-refractivity contribution is 4.79. The lowest BCUT2D eigenvalue weighted by atomic mass is 9.85. The highest BCUT2D eigenvalue weighted by Gasteiger charge is 2.24. The Bertz CT molecular complexity index is 119. The lowest BCUT2D eigenvalue weighted by Crippen LogP contribution is -2.40. The molecule has 0 saturated carbocycles. The highest BCUT2D eigenvalue weighted by Crippen LogP contribution is 2.22. The number of ether oxygens (including phenoxy) is 1. The van der Waals surface area contributed by atoms with Crippen molar-refractivity contribution in [3.8, 4) is 0 Å². The second kappa shape index (κ2) is 4.83. The number of nitrogens with one attached hydrogen (secondary N) is 1. The van der Waals surface area contributed by atoms with E-state index in [1.54, 1.807) is 0 Å². The Labute approximate surface area is 75.7 Å². The molecule has 1 aliphatic heterocycles. The van der Waals surface area contributed by atoms with Gasteiger partial charge in [-0.3, -0.25) is 0 Å². The monoisotopic (exact) mass is 171 g/mol. The molecule has 2 nitrogen and oxygen atoms in total.